The normalized spacial score (nSPS) is 30.1. The predicted molar refractivity (Wildman–Crippen MR) is 132 cm³/mol. The number of carbonyl (C=O) groups is 4. The van der Waals surface area contributed by atoms with Crippen LogP contribution in [0.15, 0.2) is 60.7 Å². The Labute approximate surface area is 210 Å². The number of hydrogen-bond acceptors (Lipinski definition) is 5. The van der Waals surface area contributed by atoms with Crippen molar-refractivity contribution in [3.8, 4) is 0 Å². The molecule has 5 aliphatic rings. The fraction of sp³-hybridized carbons (Fsp3) is 0.400. The molecule has 0 spiro atoms. The van der Waals surface area contributed by atoms with Crippen molar-refractivity contribution in [2.75, 3.05) is 6.61 Å². The number of ether oxygens (including phenoxy) is 1. The molecule has 2 bridgehead atoms. The van der Waals surface area contributed by atoms with Gasteiger partial charge in [0.25, 0.3) is 0 Å². The van der Waals surface area contributed by atoms with E-state index in [1.807, 2.05) is 56.3 Å². The van der Waals surface area contributed by atoms with Gasteiger partial charge in [0.1, 0.15) is 6.04 Å². The molecular formula is C30H29NO5. The smallest absolute Gasteiger partial charge is 0.330 e. The number of carbonyl (C=O) groups excluding carboxylic acids is 4. The van der Waals surface area contributed by atoms with E-state index in [0.717, 1.165) is 23.1 Å². The van der Waals surface area contributed by atoms with Crippen molar-refractivity contribution in [3.63, 3.8) is 0 Å². The zero-order valence-electron chi connectivity index (χ0n) is 20.4. The van der Waals surface area contributed by atoms with E-state index in [2.05, 4.69) is 12.2 Å². The molecule has 2 saturated carbocycles. The molecule has 0 radical (unpaired) electrons. The fourth-order valence-electron chi connectivity index (χ4n) is 6.75. The quantitative estimate of drug-likeness (QED) is 0.260. The van der Waals surface area contributed by atoms with Gasteiger partial charge >= 0.3 is 5.97 Å². The van der Waals surface area contributed by atoms with E-state index in [-0.39, 0.29) is 47.7 Å². The van der Waals surface area contributed by atoms with Crippen LogP contribution in [0, 0.1) is 49.4 Å². The number of rotatable bonds is 7. The summed E-state index contributed by atoms with van der Waals surface area (Å²) in [6.07, 6.45) is 5.46. The lowest BCUT2D eigenvalue weighted by Gasteiger charge is -2.37. The second kappa shape index (κ2) is 8.54. The van der Waals surface area contributed by atoms with Crippen LogP contribution in [0.25, 0.3) is 0 Å². The van der Waals surface area contributed by atoms with Gasteiger partial charge in [-0.15, -0.1) is 0 Å². The second-order valence-electron chi connectivity index (χ2n) is 10.8. The van der Waals surface area contributed by atoms with E-state index in [1.54, 1.807) is 6.07 Å². The molecular weight excluding hydrogens is 454 g/mol. The molecule has 7 unspecified atom stereocenters. The van der Waals surface area contributed by atoms with E-state index >= 15 is 0 Å². The molecule has 3 fully saturated rings. The van der Waals surface area contributed by atoms with E-state index in [9.17, 15) is 19.2 Å². The van der Waals surface area contributed by atoms with E-state index in [0.29, 0.717) is 17.4 Å². The van der Waals surface area contributed by atoms with Gasteiger partial charge in [-0.3, -0.25) is 19.3 Å². The Bertz CT molecular complexity index is 1260. The summed E-state index contributed by atoms with van der Waals surface area (Å²) in [5, 5.41) is 0. The minimum atomic E-state index is -1.10. The lowest BCUT2D eigenvalue weighted by Crippen LogP contribution is -2.48. The van der Waals surface area contributed by atoms with Gasteiger partial charge in [-0.25, -0.2) is 4.79 Å². The average Bonchev–Trinajstić information content (AvgIpc) is 3.66. The molecule has 4 aliphatic carbocycles. The van der Waals surface area contributed by atoms with Gasteiger partial charge in [0.15, 0.2) is 6.61 Å². The van der Waals surface area contributed by atoms with Crippen molar-refractivity contribution >= 4 is 23.6 Å². The summed E-state index contributed by atoms with van der Waals surface area (Å²) in [5.41, 5.74) is 3.07. The van der Waals surface area contributed by atoms with Crippen LogP contribution in [0.4, 0.5) is 0 Å². The van der Waals surface area contributed by atoms with Crippen molar-refractivity contribution in [1.82, 2.24) is 4.90 Å². The number of aryl methyl sites for hydroxylation is 2. The van der Waals surface area contributed by atoms with Crippen molar-refractivity contribution < 1.29 is 23.9 Å². The summed E-state index contributed by atoms with van der Waals surface area (Å²) in [5.74, 6) is -1.24. The minimum Gasteiger partial charge on any atom is -0.456 e. The Morgan fingerprint density at radius 2 is 1.58 bits per heavy atom. The number of allylic oxidation sites excluding steroid dienone is 2. The zero-order chi connectivity index (χ0) is 25.1. The zero-order valence-corrected chi connectivity index (χ0v) is 20.4. The predicted octanol–water partition coefficient (Wildman–Crippen LogP) is 3.69. The summed E-state index contributed by atoms with van der Waals surface area (Å²) in [6, 6.07) is 13.8. The standard InChI is InChI=1S/C30H29NO5/c1-16-8-9-17(2)21(12-16)25(32)15-36-30(35)24(13-18-6-4-3-5-7-18)31-28(33)26-19-10-11-20(23-14-22(19)23)27(26)29(31)34/h3-12,19-20,22-24,26-27H,13-15H2,1-2H3. The van der Waals surface area contributed by atoms with Gasteiger partial charge in [0.2, 0.25) is 17.6 Å². The van der Waals surface area contributed by atoms with Crippen molar-refractivity contribution in [2.24, 2.45) is 35.5 Å². The molecule has 7 atom stereocenters. The van der Waals surface area contributed by atoms with Crippen LogP contribution >= 0.6 is 0 Å². The van der Waals surface area contributed by atoms with Crippen molar-refractivity contribution in [2.45, 2.75) is 32.7 Å². The largest absolute Gasteiger partial charge is 0.456 e. The van der Waals surface area contributed by atoms with Crippen molar-refractivity contribution in [3.05, 3.63) is 82.9 Å². The molecule has 6 heteroatoms. The number of ketones is 1. The number of hydrogen-bond donors (Lipinski definition) is 0. The van der Waals surface area contributed by atoms with Crippen molar-refractivity contribution in [1.29, 1.82) is 0 Å². The van der Waals surface area contributed by atoms with Crippen LogP contribution in [0.3, 0.4) is 0 Å². The highest BCUT2D eigenvalue weighted by Crippen LogP contribution is 2.65. The Morgan fingerprint density at radius 3 is 2.22 bits per heavy atom. The minimum absolute atomic E-state index is 0.0747. The first-order chi connectivity index (χ1) is 17.3. The molecule has 2 amide bonds. The first-order valence-electron chi connectivity index (χ1n) is 12.7. The Hall–Kier alpha value is -3.54. The van der Waals surface area contributed by atoms with Gasteiger partial charge in [-0.05, 0) is 61.1 Å². The molecule has 6 nitrogen and oxygen atoms in total. The molecule has 0 N–H and O–H groups in total. The number of nitrogens with zero attached hydrogens (tertiary/aromatic N) is 1. The van der Waals surface area contributed by atoms with Crippen LogP contribution in [0.5, 0.6) is 0 Å². The Kier molecular flexibility index (Phi) is 5.43. The molecule has 2 aromatic rings. The maximum absolute atomic E-state index is 13.7. The molecule has 36 heavy (non-hydrogen) atoms. The van der Waals surface area contributed by atoms with E-state index in [1.165, 1.54) is 4.90 Å². The highest BCUT2D eigenvalue weighted by molar-refractivity contribution is 6.09. The van der Waals surface area contributed by atoms with Gasteiger partial charge in [0, 0.05) is 12.0 Å². The van der Waals surface area contributed by atoms with Crippen LogP contribution < -0.4 is 0 Å². The highest BCUT2D eigenvalue weighted by atomic mass is 16.5. The SMILES string of the molecule is Cc1ccc(C)c(C(=O)COC(=O)C(Cc2ccccc2)N2C(=O)C3C4C=CC(C5CC45)C3C2=O)c1. The molecule has 7 rings (SSSR count). The van der Waals surface area contributed by atoms with Gasteiger partial charge < -0.3 is 4.74 Å². The Morgan fingerprint density at radius 1 is 0.944 bits per heavy atom. The fourth-order valence-corrected chi connectivity index (χ4v) is 6.75. The van der Waals surface area contributed by atoms with Crippen LogP contribution in [-0.2, 0) is 25.5 Å². The van der Waals surface area contributed by atoms with Gasteiger partial charge in [-0.2, -0.15) is 0 Å². The van der Waals surface area contributed by atoms with Crippen LogP contribution in [0.2, 0.25) is 0 Å². The number of benzene rings is 2. The maximum atomic E-state index is 13.7. The second-order valence-corrected chi connectivity index (χ2v) is 10.8. The van der Waals surface area contributed by atoms with E-state index < -0.39 is 18.6 Å². The molecule has 184 valence electrons. The molecule has 0 aromatic heterocycles. The topological polar surface area (TPSA) is 80.8 Å². The third-order valence-electron chi connectivity index (χ3n) is 8.59. The number of amides is 2. The highest BCUT2D eigenvalue weighted by Gasteiger charge is 2.68. The molecule has 1 saturated heterocycles. The number of Topliss-reactive ketones (excluding diaryl/α,β-unsaturated/α-hetero) is 1. The first-order valence-corrected chi connectivity index (χ1v) is 12.7. The lowest BCUT2D eigenvalue weighted by molar-refractivity contribution is -0.158. The summed E-state index contributed by atoms with van der Waals surface area (Å²) < 4.78 is 5.50. The monoisotopic (exact) mass is 483 g/mol. The molecule has 1 aliphatic heterocycles. The van der Waals surface area contributed by atoms with Crippen LogP contribution in [-0.4, -0.2) is 41.1 Å². The summed E-state index contributed by atoms with van der Waals surface area (Å²) in [4.78, 5) is 54.8. The summed E-state index contributed by atoms with van der Waals surface area (Å²) >= 11 is 0. The average molecular weight is 484 g/mol. The van der Waals surface area contributed by atoms with E-state index in [4.69, 9.17) is 4.74 Å². The third-order valence-corrected chi connectivity index (χ3v) is 8.59. The first kappa shape index (κ1) is 22.9. The number of imide groups is 1. The Balaban J connectivity index is 1.25. The summed E-state index contributed by atoms with van der Waals surface area (Å²) in [6.45, 7) is 3.30. The van der Waals surface area contributed by atoms with Gasteiger partial charge in [0.05, 0.1) is 11.8 Å². The summed E-state index contributed by atoms with van der Waals surface area (Å²) in [7, 11) is 0. The maximum Gasteiger partial charge on any atom is 0.330 e. The number of esters is 1. The number of likely N-dealkylation sites (tertiary alicyclic amines) is 1. The van der Waals surface area contributed by atoms with Crippen LogP contribution in [0.1, 0.15) is 33.5 Å². The molecule has 1 heterocycles. The third kappa shape index (κ3) is 3.62. The molecule has 2 aromatic carbocycles. The van der Waals surface area contributed by atoms with Gasteiger partial charge in [-0.1, -0.05) is 60.2 Å². The lowest BCUT2D eigenvalue weighted by atomic mass is 9.63.